The lowest BCUT2D eigenvalue weighted by molar-refractivity contribution is -0.121. The first kappa shape index (κ1) is 20.5. The molecule has 7 nitrogen and oxygen atoms in total. The van der Waals surface area contributed by atoms with E-state index in [2.05, 4.69) is 29.3 Å². The first-order valence-corrected chi connectivity index (χ1v) is 9.74. The first-order chi connectivity index (χ1) is 13.9. The molecular weight excluding hydrogens is 368 g/mol. The van der Waals surface area contributed by atoms with E-state index in [9.17, 15) is 9.59 Å². The highest BCUT2D eigenvalue weighted by Crippen LogP contribution is 2.22. The molecule has 0 fully saturated rings. The van der Waals surface area contributed by atoms with Gasteiger partial charge in [-0.05, 0) is 37.8 Å². The summed E-state index contributed by atoms with van der Waals surface area (Å²) >= 11 is 0. The van der Waals surface area contributed by atoms with Gasteiger partial charge in [-0.1, -0.05) is 49.3 Å². The second kappa shape index (κ2) is 8.86. The number of benzene rings is 1. The fourth-order valence-corrected chi connectivity index (χ4v) is 3.11. The molecular formula is C22H26N4O3. The van der Waals surface area contributed by atoms with Crippen molar-refractivity contribution in [2.45, 2.75) is 40.7 Å². The predicted molar refractivity (Wildman–Crippen MR) is 111 cm³/mol. The van der Waals surface area contributed by atoms with Crippen LogP contribution in [0.4, 0.5) is 0 Å². The average molecular weight is 394 g/mol. The molecule has 0 aliphatic rings. The number of nitrogens with zero attached hydrogens (tertiary/aromatic N) is 3. The summed E-state index contributed by atoms with van der Waals surface area (Å²) in [6, 6.07) is 11.3. The first-order valence-electron chi connectivity index (χ1n) is 9.74. The van der Waals surface area contributed by atoms with Gasteiger partial charge in [-0.15, -0.1) is 0 Å². The van der Waals surface area contributed by atoms with Crippen molar-refractivity contribution in [2.24, 2.45) is 5.92 Å². The number of rotatable bonds is 7. The maximum atomic E-state index is 13.1. The van der Waals surface area contributed by atoms with Gasteiger partial charge in [0.25, 0.3) is 11.4 Å². The van der Waals surface area contributed by atoms with Gasteiger partial charge in [0.15, 0.2) is 0 Å². The molecule has 0 atom stereocenters. The number of aryl methyl sites for hydroxylation is 2. The maximum absolute atomic E-state index is 13.1. The monoisotopic (exact) mass is 394 g/mol. The minimum Gasteiger partial charge on any atom is -0.355 e. The fourth-order valence-electron chi connectivity index (χ4n) is 3.11. The second-order valence-corrected chi connectivity index (χ2v) is 7.56. The van der Waals surface area contributed by atoms with Gasteiger partial charge in [-0.3, -0.25) is 9.59 Å². The zero-order valence-electron chi connectivity index (χ0n) is 17.2. The molecule has 3 aromatic rings. The van der Waals surface area contributed by atoms with E-state index in [1.54, 1.807) is 0 Å². The van der Waals surface area contributed by atoms with Gasteiger partial charge in [-0.2, -0.15) is 4.98 Å². The minimum atomic E-state index is -0.315. The van der Waals surface area contributed by atoms with E-state index >= 15 is 0 Å². The molecule has 1 N–H and O–H groups in total. The van der Waals surface area contributed by atoms with Gasteiger partial charge in [-0.25, -0.2) is 0 Å². The van der Waals surface area contributed by atoms with Gasteiger partial charge in [0.2, 0.25) is 11.7 Å². The molecule has 1 aromatic carbocycles. The van der Waals surface area contributed by atoms with Gasteiger partial charge in [0, 0.05) is 17.8 Å². The predicted octanol–water partition coefficient (Wildman–Crippen LogP) is 3.34. The van der Waals surface area contributed by atoms with Crippen LogP contribution in [-0.2, 0) is 11.3 Å². The number of carbonyl (C=O) groups is 1. The molecule has 29 heavy (non-hydrogen) atoms. The minimum absolute atomic E-state index is 0.0459. The number of nitrogens with one attached hydrogen (secondary N) is 1. The third-order valence-electron chi connectivity index (χ3n) is 4.72. The summed E-state index contributed by atoms with van der Waals surface area (Å²) in [6.07, 6.45) is 0.892. The van der Waals surface area contributed by atoms with E-state index < -0.39 is 0 Å². The Morgan fingerprint density at radius 2 is 1.93 bits per heavy atom. The van der Waals surface area contributed by atoms with E-state index in [1.165, 1.54) is 4.57 Å². The van der Waals surface area contributed by atoms with Crippen molar-refractivity contribution >= 4 is 5.91 Å². The van der Waals surface area contributed by atoms with Crippen molar-refractivity contribution in [1.29, 1.82) is 0 Å². The summed E-state index contributed by atoms with van der Waals surface area (Å²) < 4.78 is 6.83. The Morgan fingerprint density at radius 1 is 1.21 bits per heavy atom. The van der Waals surface area contributed by atoms with Crippen molar-refractivity contribution in [3.05, 3.63) is 58.0 Å². The van der Waals surface area contributed by atoms with Crippen LogP contribution in [0.3, 0.4) is 0 Å². The molecule has 1 amide bonds. The largest absolute Gasteiger partial charge is 0.355 e. The van der Waals surface area contributed by atoms with Crippen LogP contribution in [0.5, 0.6) is 0 Å². The zero-order chi connectivity index (χ0) is 21.0. The third-order valence-corrected chi connectivity index (χ3v) is 4.72. The van der Waals surface area contributed by atoms with Gasteiger partial charge >= 0.3 is 0 Å². The molecule has 2 heterocycles. The van der Waals surface area contributed by atoms with Gasteiger partial charge in [0.05, 0.1) is 0 Å². The van der Waals surface area contributed by atoms with E-state index in [0.29, 0.717) is 29.5 Å². The highest BCUT2D eigenvalue weighted by atomic mass is 16.5. The second-order valence-electron chi connectivity index (χ2n) is 7.56. The molecule has 2 aromatic heterocycles. The lowest BCUT2D eigenvalue weighted by Gasteiger charge is -2.13. The lowest BCUT2D eigenvalue weighted by Crippen LogP contribution is -2.35. The molecule has 0 unspecified atom stereocenters. The standard InChI is InChI=1S/C22H26N4O3/c1-14(2)10-11-23-18(27)13-26-16(4)12-15(3)19(22(26)28)21-24-20(25-29-21)17-8-6-5-7-9-17/h5-9,12,14H,10-11,13H2,1-4H3,(H,23,27). The molecule has 0 aliphatic heterocycles. The molecule has 0 saturated heterocycles. The van der Waals surface area contributed by atoms with Crippen LogP contribution in [0, 0.1) is 19.8 Å². The highest BCUT2D eigenvalue weighted by Gasteiger charge is 2.20. The Morgan fingerprint density at radius 3 is 2.62 bits per heavy atom. The van der Waals surface area contributed by atoms with Gasteiger partial charge in [0.1, 0.15) is 12.1 Å². The summed E-state index contributed by atoms with van der Waals surface area (Å²) in [5.41, 5.74) is 2.24. The van der Waals surface area contributed by atoms with Gasteiger partial charge < -0.3 is 14.4 Å². The normalized spacial score (nSPS) is 11.1. The number of pyridine rings is 1. The zero-order valence-corrected chi connectivity index (χ0v) is 17.2. The van der Waals surface area contributed by atoms with Crippen molar-refractivity contribution in [3.8, 4) is 22.8 Å². The summed E-state index contributed by atoms with van der Waals surface area (Å²) in [6.45, 7) is 8.37. The van der Waals surface area contributed by atoms with E-state index in [4.69, 9.17) is 4.52 Å². The number of amides is 1. The number of hydrogen-bond acceptors (Lipinski definition) is 5. The molecule has 0 spiro atoms. The van der Waals surface area contributed by atoms with Crippen LogP contribution < -0.4 is 10.9 Å². The van der Waals surface area contributed by atoms with Crippen molar-refractivity contribution in [2.75, 3.05) is 6.54 Å². The SMILES string of the molecule is Cc1cc(C)n(CC(=O)NCCC(C)C)c(=O)c1-c1nc(-c2ccccc2)no1. The smallest absolute Gasteiger partial charge is 0.264 e. The van der Waals surface area contributed by atoms with Crippen molar-refractivity contribution in [3.63, 3.8) is 0 Å². The molecule has 0 aliphatic carbocycles. The number of carbonyl (C=O) groups excluding carboxylic acids is 1. The Kier molecular flexibility index (Phi) is 6.26. The molecule has 0 radical (unpaired) electrons. The Labute approximate surface area is 169 Å². The number of aromatic nitrogens is 3. The summed E-state index contributed by atoms with van der Waals surface area (Å²) in [4.78, 5) is 29.8. The molecule has 0 bridgehead atoms. The van der Waals surface area contributed by atoms with Crippen LogP contribution in [0.25, 0.3) is 22.8 Å². The van der Waals surface area contributed by atoms with Crippen LogP contribution in [-0.4, -0.2) is 27.2 Å². The Hall–Kier alpha value is -3.22. The molecule has 0 saturated carbocycles. The summed E-state index contributed by atoms with van der Waals surface area (Å²) in [5, 5.41) is 6.87. The van der Waals surface area contributed by atoms with Crippen molar-refractivity contribution < 1.29 is 9.32 Å². The van der Waals surface area contributed by atoms with E-state index in [0.717, 1.165) is 17.5 Å². The van der Waals surface area contributed by atoms with E-state index in [-0.39, 0.29) is 23.9 Å². The molecule has 3 rings (SSSR count). The topological polar surface area (TPSA) is 90.0 Å². The van der Waals surface area contributed by atoms with Crippen LogP contribution in [0.2, 0.25) is 0 Å². The number of hydrogen-bond donors (Lipinski definition) is 1. The summed E-state index contributed by atoms with van der Waals surface area (Å²) in [5.74, 6) is 0.876. The quantitative estimate of drug-likeness (QED) is 0.664. The molecule has 152 valence electrons. The summed E-state index contributed by atoms with van der Waals surface area (Å²) in [7, 11) is 0. The van der Waals surface area contributed by atoms with Crippen molar-refractivity contribution in [1.82, 2.24) is 20.0 Å². The molecule has 7 heteroatoms. The third kappa shape index (κ3) is 4.80. The van der Waals surface area contributed by atoms with E-state index in [1.807, 2.05) is 50.2 Å². The van der Waals surface area contributed by atoms with Crippen LogP contribution in [0.15, 0.2) is 45.7 Å². The lowest BCUT2D eigenvalue weighted by atomic mass is 10.1. The van der Waals surface area contributed by atoms with Crippen LogP contribution in [0.1, 0.15) is 31.5 Å². The Bertz CT molecular complexity index is 1050. The fraction of sp³-hybridized carbons (Fsp3) is 0.364. The highest BCUT2D eigenvalue weighted by molar-refractivity contribution is 5.76. The maximum Gasteiger partial charge on any atom is 0.264 e. The van der Waals surface area contributed by atoms with Crippen LogP contribution >= 0.6 is 0 Å². The Balaban J connectivity index is 1.89. The average Bonchev–Trinajstić information content (AvgIpc) is 3.15.